The lowest BCUT2D eigenvalue weighted by atomic mass is 10.1. The molecule has 0 spiro atoms. The van der Waals surface area contributed by atoms with E-state index in [1.807, 2.05) is 0 Å². The average molecular weight is 394 g/mol. The summed E-state index contributed by atoms with van der Waals surface area (Å²) in [4.78, 5) is 15.7. The Kier molecular flexibility index (Phi) is 8.25. The van der Waals surface area contributed by atoms with Gasteiger partial charge in [-0.25, -0.2) is 0 Å². The van der Waals surface area contributed by atoms with Gasteiger partial charge in [0.15, 0.2) is 5.96 Å². The number of carbonyl (C=O) groups is 1. The van der Waals surface area contributed by atoms with E-state index in [2.05, 4.69) is 27.9 Å². The van der Waals surface area contributed by atoms with Crippen LogP contribution >= 0.6 is 24.0 Å². The smallest absolute Gasteiger partial charge is 0.220 e. The predicted octanol–water partition coefficient (Wildman–Crippen LogP) is 1.63. The van der Waals surface area contributed by atoms with E-state index in [0.29, 0.717) is 19.0 Å². The molecule has 1 atom stereocenters. The van der Waals surface area contributed by atoms with Gasteiger partial charge in [0, 0.05) is 32.1 Å². The van der Waals surface area contributed by atoms with Crippen molar-refractivity contribution in [3.8, 4) is 0 Å². The van der Waals surface area contributed by atoms with Crippen LogP contribution in [0.25, 0.3) is 0 Å². The maximum Gasteiger partial charge on any atom is 0.220 e. The molecule has 0 aromatic rings. The molecule has 2 fully saturated rings. The summed E-state index contributed by atoms with van der Waals surface area (Å²) >= 11 is 0. The number of guanidine groups is 1. The van der Waals surface area contributed by atoms with E-state index in [9.17, 15) is 4.79 Å². The topological polar surface area (TPSA) is 65.5 Å². The van der Waals surface area contributed by atoms with E-state index >= 15 is 0 Å². The molecule has 1 heterocycles. The van der Waals surface area contributed by atoms with Gasteiger partial charge in [0.25, 0.3) is 0 Å². The second-order valence-electron chi connectivity index (χ2n) is 5.53. The number of carbonyl (C=O) groups excluding carboxylic acids is 1. The van der Waals surface area contributed by atoms with Gasteiger partial charge in [0.05, 0.1) is 0 Å². The lowest BCUT2D eigenvalue weighted by Gasteiger charge is -2.25. The zero-order chi connectivity index (χ0) is 13.5. The Morgan fingerprint density at radius 1 is 1.40 bits per heavy atom. The number of rotatable bonds is 6. The standard InChI is InChI=1S/C14H26N4O.HI/c1-2-15-14(16-9-3-4-11-5-6-11)18-12-7-8-13(19)17-10-12;/h11-12H,2-10H2,1H3,(H,17,19)(H2,15,16,18);1H. The summed E-state index contributed by atoms with van der Waals surface area (Å²) in [5, 5.41) is 9.56. The van der Waals surface area contributed by atoms with Crippen molar-refractivity contribution in [1.82, 2.24) is 16.0 Å². The van der Waals surface area contributed by atoms with Crippen LogP contribution in [0.1, 0.15) is 45.4 Å². The maximum atomic E-state index is 11.1. The van der Waals surface area contributed by atoms with Crippen LogP contribution in [0.3, 0.4) is 0 Å². The lowest BCUT2D eigenvalue weighted by molar-refractivity contribution is -0.122. The molecule has 20 heavy (non-hydrogen) atoms. The number of nitrogens with zero attached hydrogens (tertiary/aromatic N) is 1. The largest absolute Gasteiger partial charge is 0.357 e. The molecule has 2 aliphatic rings. The average Bonchev–Trinajstić information content (AvgIpc) is 3.21. The summed E-state index contributed by atoms with van der Waals surface area (Å²) in [6.07, 6.45) is 6.84. The zero-order valence-electron chi connectivity index (χ0n) is 12.3. The fraction of sp³-hybridized carbons (Fsp3) is 0.857. The molecule has 1 saturated carbocycles. The number of halogens is 1. The van der Waals surface area contributed by atoms with Crippen molar-refractivity contribution >= 4 is 35.8 Å². The van der Waals surface area contributed by atoms with Crippen molar-refractivity contribution in [3.63, 3.8) is 0 Å². The molecular weight excluding hydrogens is 367 g/mol. The number of amides is 1. The van der Waals surface area contributed by atoms with E-state index in [4.69, 9.17) is 0 Å². The van der Waals surface area contributed by atoms with Crippen molar-refractivity contribution in [3.05, 3.63) is 0 Å². The fourth-order valence-electron chi connectivity index (χ4n) is 2.35. The molecule has 1 aliphatic heterocycles. The fourth-order valence-corrected chi connectivity index (χ4v) is 2.35. The molecule has 0 radical (unpaired) electrons. The first kappa shape index (κ1) is 17.5. The third-order valence-electron chi connectivity index (χ3n) is 3.69. The van der Waals surface area contributed by atoms with Crippen LogP contribution in [-0.2, 0) is 4.79 Å². The summed E-state index contributed by atoms with van der Waals surface area (Å²) in [5.41, 5.74) is 0. The molecule has 116 valence electrons. The minimum atomic E-state index is 0. The Morgan fingerprint density at radius 2 is 2.20 bits per heavy atom. The van der Waals surface area contributed by atoms with Gasteiger partial charge in [0.2, 0.25) is 5.91 Å². The van der Waals surface area contributed by atoms with Gasteiger partial charge in [0.1, 0.15) is 0 Å². The van der Waals surface area contributed by atoms with Gasteiger partial charge in [-0.15, -0.1) is 24.0 Å². The van der Waals surface area contributed by atoms with Crippen molar-refractivity contribution < 1.29 is 4.79 Å². The molecule has 1 aliphatic carbocycles. The third kappa shape index (κ3) is 6.76. The van der Waals surface area contributed by atoms with E-state index in [0.717, 1.165) is 31.4 Å². The van der Waals surface area contributed by atoms with Gasteiger partial charge >= 0.3 is 0 Å². The summed E-state index contributed by atoms with van der Waals surface area (Å²) in [7, 11) is 0. The minimum Gasteiger partial charge on any atom is -0.357 e. The van der Waals surface area contributed by atoms with Gasteiger partial charge < -0.3 is 16.0 Å². The summed E-state index contributed by atoms with van der Waals surface area (Å²) in [6, 6.07) is 0.305. The van der Waals surface area contributed by atoms with E-state index in [1.54, 1.807) is 0 Å². The first-order valence-corrected chi connectivity index (χ1v) is 7.59. The Hall–Kier alpha value is -0.530. The molecule has 1 saturated heterocycles. The molecule has 1 amide bonds. The SMILES string of the molecule is CCNC(=NCCCC1CC1)NC1CCC(=O)NC1.I. The van der Waals surface area contributed by atoms with Crippen LogP contribution in [0.4, 0.5) is 0 Å². The monoisotopic (exact) mass is 394 g/mol. The highest BCUT2D eigenvalue weighted by molar-refractivity contribution is 14.0. The Morgan fingerprint density at radius 3 is 2.80 bits per heavy atom. The Labute approximate surface area is 138 Å². The summed E-state index contributed by atoms with van der Waals surface area (Å²) in [6.45, 7) is 4.54. The molecule has 1 unspecified atom stereocenters. The number of piperidine rings is 1. The Bertz CT molecular complexity index is 321. The van der Waals surface area contributed by atoms with Gasteiger partial charge in [-0.3, -0.25) is 9.79 Å². The normalized spacial score (nSPS) is 22.8. The van der Waals surface area contributed by atoms with Crippen LogP contribution in [0, 0.1) is 5.92 Å². The predicted molar refractivity (Wildman–Crippen MR) is 92.5 cm³/mol. The first-order chi connectivity index (χ1) is 9.28. The number of aliphatic imine (C=N–C) groups is 1. The van der Waals surface area contributed by atoms with Gasteiger partial charge in [-0.05, 0) is 32.1 Å². The highest BCUT2D eigenvalue weighted by Gasteiger charge is 2.20. The third-order valence-corrected chi connectivity index (χ3v) is 3.69. The van der Waals surface area contributed by atoms with E-state index in [-0.39, 0.29) is 29.9 Å². The van der Waals surface area contributed by atoms with Gasteiger partial charge in [-0.1, -0.05) is 12.8 Å². The van der Waals surface area contributed by atoms with Crippen LogP contribution in [0.2, 0.25) is 0 Å². The van der Waals surface area contributed by atoms with Crippen LogP contribution < -0.4 is 16.0 Å². The van der Waals surface area contributed by atoms with Crippen molar-refractivity contribution in [2.75, 3.05) is 19.6 Å². The van der Waals surface area contributed by atoms with Crippen LogP contribution in [-0.4, -0.2) is 37.5 Å². The molecule has 0 bridgehead atoms. The van der Waals surface area contributed by atoms with Crippen LogP contribution in [0.15, 0.2) is 4.99 Å². The van der Waals surface area contributed by atoms with Gasteiger partial charge in [-0.2, -0.15) is 0 Å². The quantitative estimate of drug-likeness (QED) is 0.278. The molecule has 2 rings (SSSR count). The maximum absolute atomic E-state index is 11.1. The van der Waals surface area contributed by atoms with Crippen molar-refractivity contribution in [2.24, 2.45) is 10.9 Å². The molecule has 0 aromatic carbocycles. The first-order valence-electron chi connectivity index (χ1n) is 7.59. The lowest BCUT2D eigenvalue weighted by Crippen LogP contribution is -2.51. The summed E-state index contributed by atoms with van der Waals surface area (Å²) in [5.74, 6) is 2.03. The Balaban J connectivity index is 0.00000200. The van der Waals surface area contributed by atoms with Crippen molar-refractivity contribution in [1.29, 1.82) is 0 Å². The van der Waals surface area contributed by atoms with Crippen LogP contribution in [0.5, 0.6) is 0 Å². The highest BCUT2D eigenvalue weighted by Crippen LogP contribution is 2.33. The molecule has 3 N–H and O–H groups in total. The minimum absolute atomic E-state index is 0. The molecule has 0 aromatic heterocycles. The summed E-state index contributed by atoms with van der Waals surface area (Å²) < 4.78 is 0. The molecule has 5 nitrogen and oxygen atoms in total. The number of hydrogen-bond acceptors (Lipinski definition) is 2. The number of nitrogens with one attached hydrogen (secondary N) is 3. The van der Waals surface area contributed by atoms with E-state index < -0.39 is 0 Å². The second-order valence-corrected chi connectivity index (χ2v) is 5.53. The molecule has 6 heteroatoms. The van der Waals surface area contributed by atoms with Crippen molar-refractivity contribution in [2.45, 2.75) is 51.5 Å². The highest BCUT2D eigenvalue weighted by atomic mass is 127. The van der Waals surface area contributed by atoms with E-state index in [1.165, 1.54) is 25.7 Å². The second kappa shape index (κ2) is 9.41. The number of hydrogen-bond donors (Lipinski definition) is 3. The zero-order valence-corrected chi connectivity index (χ0v) is 14.6. The molecular formula is C14H27IN4O.